The van der Waals surface area contributed by atoms with Gasteiger partial charge in [0.15, 0.2) is 0 Å². The molecule has 0 aliphatic heterocycles. The highest BCUT2D eigenvalue weighted by Gasteiger charge is 2.12. The number of methoxy groups -OCH3 is 1. The Hall–Kier alpha value is -2.04. The third kappa shape index (κ3) is 4.48. The van der Waals surface area contributed by atoms with E-state index in [0.717, 1.165) is 17.0 Å². The van der Waals surface area contributed by atoms with Gasteiger partial charge < -0.3 is 19.8 Å². The molecule has 0 unspecified atom stereocenters. The molecular formula is C17H21NO3. The Morgan fingerprint density at radius 1 is 1.05 bits per heavy atom. The minimum absolute atomic E-state index is 0.249. The third-order valence-corrected chi connectivity index (χ3v) is 3.30. The smallest absolute Gasteiger partial charge is 0.119 e. The van der Waals surface area contributed by atoms with Gasteiger partial charge in [-0.15, -0.1) is 0 Å². The van der Waals surface area contributed by atoms with Crippen LogP contribution < -0.4 is 9.64 Å². The molecule has 2 aromatic rings. The van der Waals surface area contributed by atoms with E-state index in [-0.39, 0.29) is 6.61 Å². The van der Waals surface area contributed by atoms with Crippen molar-refractivity contribution in [1.82, 2.24) is 0 Å². The predicted molar refractivity (Wildman–Crippen MR) is 83.6 cm³/mol. The number of nitrogens with zero attached hydrogens (tertiary/aromatic N) is 1. The van der Waals surface area contributed by atoms with Crippen LogP contribution in [0.1, 0.15) is 5.56 Å². The topological polar surface area (TPSA) is 52.9 Å². The summed E-state index contributed by atoms with van der Waals surface area (Å²) in [6.45, 7) is 0.795. The van der Waals surface area contributed by atoms with E-state index in [1.165, 1.54) is 0 Å². The molecule has 21 heavy (non-hydrogen) atoms. The number of rotatable bonds is 7. The molecule has 0 aromatic heterocycles. The van der Waals surface area contributed by atoms with Gasteiger partial charge in [0.25, 0.3) is 0 Å². The zero-order chi connectivity index (χ0) is 15.1. The van der Waals surface area contributed by atoms with E-state index in [9.17, 15) is 5.11 Å². The Morgan fingerprint density at radius 3 is 2.29 bits per heavy atom. The highest BCUT2D eigenvalue weighted by atomic mass is 16.5. The van der Waals surface area contributed by atoms with Crippen molar-refractivity contribution < 1.29 is 14.9 Å². The molecule has 0 saturated heterocycles. The molecule has 0 spiro atoms. The van der Waals surface area contributed by atoms with Crippen molar-refractivity contribution in [2.24, 2.45) is 0 Å². The van der Waals surface area contributed by atoms with Gasteiger partial charge in [-0.25, -0.2) is 0 Å². The van der Waals surface area contributed by atoms with Crippen LogP contribution in [0.3, 0.4) is 0 Å². The van der Waals surface area contributed by atoms with Crippen LogP contribution in [0.5, 0.6) is 5.75 Å². The summed E-state index contributed by atoms with van der Waals surface area (Å²) >= 11 is 0. The predicted octanol–water partition coefficient (Wildman–Crippen LogP) is 2.05. The first-order chi connectivity index (χ1) is 10.2. The normalized spacial score (nSPS) is 12.0. The van der Waals surface area contributed by atoms with E-state index in [1.807, 2.05) is 59.5 Å². The Kier molecular flexibility index (Phi) is 5.60. The summed E-state index contributed by atoms with van der Waals surface area (Å²) in [6.07, 6.45) is -0.768. The van der Waals surface area contributed by atoms with E-state index < -0.39 is 6.10 Å². The van der Waals surface area contributed by atoms with Crippen LogP contribution in [0.25, 0.3) is 0 Å². The maximum Gasteiger partial charge on any atom is 0.119 e. The first kappa shape index (κ1) is 15.4. The molecule has 0 amide bonds. The van der Waals surface area contributed by atoms with Crippen molar-refractivity contribution in [3.63, 3.8) is 0 Å². The lowest BCUT2D eigenvalue weighted by Gasteiger charge is -2.27. The number of anilines is 1. The number of hydrogen-bond donors (Lipinski definition) is 2. The standard InChI is InChI=1S/C17H21NO3/c1-21-17-9-7-15(8-10-17)18(12-16(20)13-19)11-14-5-3-2-4-6-14/h2-10,16,19-20H,11-13H2,1H3/t16-/m1/s1. The molecule has 2 rings (SSSR count). The molecule has 4 nitrogen and oxygen atoms in total. The van der Waals surface area contributed by atoms with Crippen molar-refractivity contribution in [2.75, 3.05) is 25.2 Å². The summed E-state index contributed by atoms with van der Waals surface area (Å²) in [6, 6.07) is 17.7. The van der Waals surface area contributed by atoms with Gasteiger partial charge in [0.1, 0.15) is 5.75 Å². The lowest BCUT2D eigenvalue weighted by atomic mass is 10.1. The summed E-state index contributed by atoms with van der Waals surface area (Å²) in [5, 5.41) is 18.8. The lowest BCUT2D eigenvalue weighted by Crippen LogP contribution is -2.34. The first-order valence-electron chi connectivity index (χ1n) is 6.94. The maximum absolute atomic E-state index is 9.75. The number of aliphatic hydroxyl groups is 2. The maximum atomic E-state index is 9.75. The molecule has 0 bridgehead atoms. The highest BCUT2D eigenvalue weighted by molar-refractivity contribution is 5.49. The molecule has 2 aromatic carbocycles. The molecular weight excluding hydrogens is 266 g/mol. The summed E-state index contributed by atoms with van der Waals surface area (Å²) in [7, 11) is 1.63. The van der Waals surface area contributed by atoms with Crippen LogP contribution in [-0.4, -0.2) is 36.6 Å². The molecule has 0 aliphatic carbocycles. The summed E-state index contributed by atoms with van der Waals surface area (Å²) < 4.78 is 5.16. The van der Waals surface area contributed by atoms with Crippen molar-refractivity contribution in [2.45, 2.75) is 12.6 Å². The SMILES string of the molecule is COc1ccc(N(Cc2ccccc2)C[C@@H](O)CO)cc1. The second kappa shape index (κ2) is 7.67. The zero-order valence-corrected chi connectivity index (χ0v) is 12.1. The fourth-order valence-electron chi connectivity index (χ4n) is 2.17. The minimum Gasteiger partial charge on any atom is -0.497 e. The van der Waals surface area contributed by atoms with E-state index in [2.05, 4.69) is 0 Å². The van der Waals surface area contributed by atoms with Crippen LogP contribution in [0.4, 0.5) is 5.69 Å². The van der Waals surface area contributed by atoms with Gasteiger partial charge in [-0.3, -0.25) is 0 Å². The van der Waals surface area contributed by atoms with Crippen LogP contribution >= 0.6 is 0 Å². The Balaban J connectivity index is 2.17. The van der Waals surface area contributed by atoms with Gasteiger partial charge in [0.2, 0.25) is 0 Å². The average molecular weight is 287 g/mol. The van der Waals surface area contributed by atoms with Gasteiger partial charge in [-0.05, 0) is 29.8 Å². The van der Waals surface area contributed by atoms with Gasteiger partial charge >= 0.3 is 0 Å². The van der Waals surface area contributed by atoms with E-state index in [4.69, 9.17) is 9.84 Å². The van der Waals surface area contributed by atoms with Crippen LogP contribution in [0.2, 0.25) is 0 Å². The summed E-state index contributed by atoms with van der Waals surface area (Å²) in [5.74, 6) is 0.793. The van der Waals surface area contributed by atoms with Gasteiger partial charge in [-0.1, -0.05) is 30.3 Å². The summed E-state index contributed by atoms with van der Waals surface area (Å²) in [4.78, 5) is 2.04. The molecule has 112 valence electrons. The van der Waals surface area contributed by atoms with E-state index in [0.29, 0.717) is 13.1 Å². The quantitative estimate of drug-likeness (QED) is 0.818. The van der Waals surface area contributed by atoms with Crippen LogP contribution in [-0.2, 0) is 6.54 Å². The monoisotopic (exact) mass is 287 g/mol. The Bertz CT molecular complexity index is 527. The third-order valence-electron chi connectivity index (χ3n) is 3.30. The number of ether oxygens (including phenoxy) is 1. The Morgan fingerprint density at radius 2 is 1.71 bits per heavy atom. The number of aliphatic hydroxyl groups excluding tert-OH is 2. The molecule has 0 radical (unpaired) electrons. The van der Waals surface area contributed by atoms with E-state index in [1.54, 1.807) is 7.11 Å². The Labute approximate surface area is 125 Å². The molecule has 0 saturated carbocycles. The van der Waals surface area contributed by atoms with Gasteiger partial charge in [-0.2, -0.15) is 0 Å². The molecule has 1 atom stereocenters. The van der Waals surface area contributed by atoms with Crippen LogP contribution in [0, 0.1) is 0 Å². The van der Waals surface area contributed by atoms with Crippen molar-refractivity contribution in [1.29, 1.82) is 0 Å². The van der Waals surface area contributed by atoms with Crippen LogP contribution in [0.15, 0.2) is 54.6 Å². The largest absolute Gasteiger partial charge is 0.497 e. The molecule has 2 N–H and O–H groups in total. The van der Waals surface area contributed by atoms with Gasteiger partial charge in [0, 0.05) is 18.8 Å². The van der Waals surface area contributed by atoms with Crippen molar-refractivity contribution in [3.8, 4) is 5.75 Å². The second-order valence-corrected chi connectivity index (χ2v) is 4.90. The van der Waals surface area contributed by atoms with E-state index >= 15 is 0 Å². The van der Waals surface area contributed by atoms with Crippen molar-refractivity contribution in [3.05, 3.63) is 60.2 Å². The molecule has 0 fully saturated rings. The molecule has 0 aliphatic rings. The number of hydrogen-bond acceptors (Lipinski definition) is 4. The molecule has 0 heterocycles. The highest BCUT2D eigenvalue weighted by Crippen LogP contribution is 2.21. The zero-order valence-electron chi connectivity index (χ0n) is 12.1. The fourth-order valence-corrected chi connectivity index (χ4v) is 2.17. The number of benzene rings is 2. The average Bonchev–Trinajstić information content (AvgIpc) is 2.55. The first-order valence-corrected chi connectivity index (χ1v) is 6.94. The molecule has 4 heteroatoms. The second-order valence-electron chi connectivity index (χ2n) is 4.90. The van der Waals surface area contributed by atoms with Crippen molar-refractivity contribution >= 4 is 5.69 Å². The summed E-state index contributed by atoms with van der Waals surface area (Å²) in [5.41, 5.74) is 2.13. The fraction of sp³-hybridized carbons (Fsp3) is 0.294. The minimum atomic E-state index is -0.768. The lowest BCUT2D eigenvalue weighted by molar-refractivity contribution is 0.0996. The van der Waals surface area contributed by atoms with Gasteiger partial charge in [0.05, 0.1) is 19.8 Å².